The van der Waals surface area contributed by atoms with Crippen LogP contribution in [0.15, 0.2) is 0 Å². The van der Waals surface area contributed by atoms with E-state index in [0.717, 1.165) is 0 Å². The average molecular weight is 214 g/mol. The molecule has 2 N–H and O–H groups in total. The molecule has 1 aliphatic rings. The molecule has 1 aliphatic carbocycles. The molecule has 2 atom stereocenters. The Labute approximate surface area is 106 Å². The van der Waals surface area contributed by atoms with Gasteiger partial charge in [0, 0.05) is 0 Å². The number of hydrogen-bond donors (Lipinski definition) is 2. The van der Waals surface area contributed by atoms with Crippen LogP contribution in [0, 0.1) is 11.8 Å². The van der Waals surface area contributed by atoms with Crippen molar-refractivity contribution in [2.45, 2.75) is 25.7 Å². The van der Waals surface area contributed by atoms with Crippen LogP contribution in [0.4, 0.5) is 0 Å². The molecule has 0 amide bonds. The van der Waals surface area contributed by atoms with Gasteiger partial charge in [0.1, 0.15) is 0 Å². The summed E-state index contributed by atoms with van der Waals surface area (Å²) in [6.07, 6.45) is 2.26. The van der Waals surface area contributed by atoms with Crippen molar-refractivity contribution >= 4 is 49.7 Å². The van der Waals surface area contributed by atoms with Crippen LogP contribution in [0.5, 0.6) is 0 Å². The van der Waals surface area contributed by atoms with Gasteiger partial charge in [-0.1, -0.05) is 6.42 Å². The fourth-order valence-electron chi connectivity index (χ4n) is 1.64. The Morgan fingerprint density at radius 2 is 1.38 bits per heavy atom. The summed E-state index contributed by atoms with van der Waals surface area (Å²) in [6.45, 7) is 0. The SMILES string of the molecule is O=C(O)C1CCCC(C(=O)O)C1.[CaH2]. The van der Waals surface area contributed by atoms with Gasteiger partial charge in [-0.2, -0.15) is 0 Å². The third-order valence-electron chi connectivity index (χ3n) is 2.37. The molecule has 1 saturated carbocycles. The van der Waals surface area contributed by atoms with Crippen LogP contribution in [0.2, 0.25) is 0 Å². The maximum atomic E-state index is 10.5. The topological polar surface area (TPSA) is 74.6 Å². The second-order valence-electron chi connectivity index (χ2n) is 3.24. The van der Waals surface area contributed by atoms with Crippen LogP contribution in [0.1, 0.15) is 25.7 Å². The van der Waals surface area contributed by atoms with Gasteiger partial charge in [-0.05, 0) is 19.3 Å². The van der Waals surface area contributed by atoms with Gasteiger partial charge < -0.3 is 10.2 Å². The van der Waals surface area contributed by atoms with Crippen molar-refractivity contribution < 1.29 is 19.8 Å². The molecule has 13 heavy (non-hydrogen) atoms. The molecule has 0 aromatic heterocycles. The fraction of sp³-hybridized carbons (Fsp3) is 0.750. The zero-order valence-corrected chi connectivity index (χ0v) is 6.69. The molecule has 1 rings (SSSR count). The van der Waals surface area contributed by atoms with Gasteiger partial charge in [0.2, 0.25) is 0 Å². The van der Waals surface area contributed by atoms with E-state index in [0.29, 0.717) is 25.7 Å². The molecule has 0 spiro atoms. The third kappa shape index (κ3) is 3.83. The predicted molar refractivity (Wildman–Crippen MR) is 49.3 cm³/mol. The van der Waals surface area contributed by atoms with E-state index in [1.165, 1.54) is 0 Å². The van der Waals surface area contributed by atoms with E-state index >= 15 is 0 Å². The van der Waals surface area contributed by atoms with E-state index in [1.54, 1.807) is 0 Å². The standard InChI is InChI=1S/C8H12O4.Ca.2H/c9-7(10)5-2-1-3-6(4-5)8(11)12;;;/h5-6H,1-4H2,(H,9,10)(H,11,12);;;. The second kappa shape index (κ2) is 5.83. The molecule has 0 aromatic rings. The molecular formula is C8H14CaO4. The summed E-state index contributed by atoms with van der Waals surface area (Å²) < 4.78 is 0. The number of carboxylic acid groups (broad SMARTS) is 2. The molecule has 0 saturated heterocycles. The Kier molecular flexibility index (Phi) is 5.92. The van der Waals surface area contributed by atoms with Crippen LogP contribution in [0.3, 0.4) is 0 Å². The van der Waals surface area contributed by atoms with E-state index in [4.69, 9.17) is 10.2 Å². The maximum absolute atomic E-state index is 10.5. The molecule has 0 bridgehead atoms. The van der Waals surface area contributed by atoms with Crippen molar-refractivity contribution in [1.82, 2.24) is 0 Å². The number of carboxylic acids is 2. The normalized spacial score (nSPS) is 27.4. The molecule has 1 fully saturated rings. The third-order valence-corrected chi connectivity index (χ3v) is 2.37. The number of rotatable bonds is 2. The molecule has 72 valence electrons. The zero-order chi connectivity index (χ0) is 9.14. The van der Waals surface area contributed by atoms with E-state index in [2.05, 4.69) is 0 Å². The summed E-state index contributed by atoms with van der Waals surface area (Å²) in [6, 6.07) is 0. The van der Waals surface area contributed by atoms with Gasteiger partial charge in [-0.25, -0.2) is 0 Å². The molecule has 0 radical (unpaired) electrons. The Bertz CT molecular complexity index is 184. The van der Waals surface area contributed by atoms with Crippen molar-refractivity contribution in [3.8, 4) is 0 Å². The van der Waals surface area contributed by atoms with Gasteiger partial charge in [-0.3, -0.25) is 9.59 Å². The summed E-state index contributed by atoms with van der Waals surface area (Å²) in [5.74, 6) is -2.61. The average Bonchev–Trinajstić information content (AvgIpc) is 2.04. The number of carbonyl (C=O) groups is 2. The monoisotopic (exact) mass is 214 g/mol. The van der Waals surface area contributed by atoms with E-state index in [-0.39, 0.29) is 37.7 Å². The predicted octanol–water partition coefficient (Wildman–Crippen LogP) is 0.0458. The van der Waals surface area contributed by atoms with Crippen molar-refractivity contribution in [2.75, 3.05) is 0 Å². The van der Waals surface area contributed by atoms with Crippen LogP contribution in [-0.2, 0) is 9.59 Å². The minimum absolute atomic E-state index is 0. The van der Waals surface area contributed by atoms with Crippen molar-refractivity contribution in [3.63, 3.8) is 0 Å². The Balaban J connectivity index is 0.00000144. The van der Waals surface area contributed by atoms with Gasteiger partial charge in [0.05, 0.1) is 11.8 Å². The summed E-state index contributed by atoms with van der Waals surface area (Å²) >= 11 is 0. The molecule has 0 heterocycles. The molecule has 5 heteroatoms. The van der Waals surface area contributed by atoms with Crippen LogP contribution >= 0.6 is 0 Å². The summed E-state index contributed by atoms with van der Waals surface area (Å²) in [5.41, 5.74) is 0. The van der Waals surface area contributed by atoms with Crippen LogP contribution < -0.4 is 0 Å². The summed E-state index contributed by atoms with van der Waals surface area (Å²) in [5, 5.41) is 17.3. The Hall–Kier alpha value is 0.200. The first-order valence-corrected chi connectivity index (χ1v) is 4.07. The number of aliphatic carboxylic acids is 2. The van der Waals surface area contributed by atoms with Gasteiger partial charge in [-0.15, -0.1) is 0 Å². The first kappa shape index (κ1) is 13.2. The quantitative estimate of drug-likeness (QED) is 0.637. The molecule has 4 nitrogen and oxygen atoms in total. The van der Waals surface area contributed by atoms with Crippen LogP contribution in [-0.4, -0.2) is 59.9 Å². The van der Waals surface area contributed by atoms with Crippen molar-refractivity contribution in [3.05, 3.63) is 0 Å². The summed E-state index contributed by atoms with van der Waals surface area (Å²) in [4.78, 5) is 21.1. The van der Waals surface area contributed by atoms with E-state index in [1.807, 2.05) is 0 Å². The first-order valence-electron chi connectivity index (χ1n) is 4.07. The minimum atomic E-state index is -0.860. The van der Waals surface area contributed by atoms with Crippen molar-refractivity contribution in [2.24, 2.45) is 11.8 Å². The molecule has 0 aliphatic heterocycles. The van der Waals surface area contributed by atoms with Gasteiger partial charge >= 0.3 is 49.7 Å². The van der Waals surface area contributed by atoms with Gasteiger partial charge in [0.15, 0.2) is 0 Å². The Morgan fingerprint density at radius 3 is 1.69 bits per heavy atom. The van der Waals surface area contributed by atoms with Crippen molar-refractivity contribution in [1.29, 1.82) is 0 Å². The summed E-state index contributed by atoms with van der Waals surface area (Å²) in [7, 11) is 0. The molecule has 0 aromatic carbocycles. The van der Waals surface area contributed by atoms with Crippen LogP contribution in [0.25, 0.3) is 0 Å². The molecular weight excluding hydrogens is 200 g/mol. The molecule has 2 unspecified atom stereocenters. The second-order valence-corrected chi connectivity index (χ2v) is 3.24. The first-order chi connectivity index (χ1) is 5.61. The number of hydrogen-bond acceptors (Lipinski definition) is 2. The zero-order valence-electron chi connectivity index (χ0n) is 6.69. The van der Waals surface area contributed by atoms with Gasteiger partial charge in [0.25, 0.3) is 0 Å². The van der Waals surface area contributed by atoms with E-state index in [9.17, 15) is 9.59 Å². The van der Waals surface area contributed by atoms with E-state index < -0.39 is 23.8 Å². The Morgan fingerprint density at radius 1 is 1.00 bits per heavy atom. The fourth-order valence-corrected chi connectivity index (χ4v) is 1.64.